The Labute approximate surface area is 344 Å². The summed E-state index contributed by atoms with van der Waals surface area (Å²) in [6.45, 7) is 2.55. The van der Waals surface area contributed by atoms with Crippen LogP contribution in [-0.4, -0.2) is 103 Å². The van der Waals surface area contributed by atoms with Crippen molar-refractivity contribution >= 4 is 24.6 Å². The van der Waals surface area contributed by atoms with Crippen LogP contribution in [0.15, 0.2) is 89.7 Å². The molecule has 4 heterocycles. The number of aliphatic hydroxyl groups is 3. The van der Waals surface area contributed by atoms with Gasteiger partial charge in [-0.2, -0.15) is 0 Å². The summed E-state index contributed by atoms with van der Waals surface area (Å²) < 4.78 is 43.4. The van der Waals surface area contributed by atoms with E-state index in [1.165, 1.54) is 0 Å². The zero-order chi connectivity index (χ0) is 41.6. The number of benzene rings is 2. The van der Waals surface area contributed by atoms with Gasteiger partial charge in [0.05, 0.1) is 49.5 Å². The number of hydrogen-bond donors (Lipinski definition) is 3. The van der Waals surface area contributed by atoms with Crippen molar-refractivity contribution in [2.45, 2.75) is 108 Å². The molecule has 2 aromatic carbocycles. The molecular formula is C44H53BF2N6O6. The van der Waals surface area contributed by atoms with E-state index in [4.69, 9.17) is 14.5 Å². The van der Waals surface area contributed by atoms with Crippen LogP contribution < -0.4 is 9.47 Å². The van der Waals surface area contributed by atoms with Crippen molar-refractivity contribution < 1.29 is 38.2 Å². The van der Waals surface area contributed by atoms with Gasteiger partial charge in [0.25, 0.3) is 0 Å². The first-order valence-corrected chi connectivity index (χ1v) is 20.6. The summed E-state index contributed by atoms with van der Waals surface area (Å²) >= 11 is 0. The lowest BCUT2D eigenvalue weighted by atomic mass is 9.84. The third-order valence-electron chi connectivity index (χ3n) is 11.9. The first-order valence-electron chi connectivity index (χ1n) is 20.6. The second-order valence-electron chi connectivity index (χ2n) is 15.7. The van der Waals surface area contributed by atoms with Crippen LogP contribution in [0.4, 0.5) is 8.63 Å². The number of rotatable bonds is 19. The van der Waals surface area contributed by atoms with E-state index in [0.717, 1.165) is 84.3 Å². The average Bonchev–Trinajstić information content (AvgIpc) is 3.59. The Hall–Kier alpha value is -5.12. The lowest BCUT2D eigenvalue weighted by Gasteiger charge is -2.30. The zero-order valence-electron chi connectivity index (χ0n) is 33.8. The Kier molecular flexibility index (Phi) is 13.4. The third kappa shape index (κ3) is 9.37. The summed E-state index contributed by atoms with van der Waals surface area (Å²) in [5, 5.41) is 39.2. The summed E-state index contributed by atoms with van der Waals surface area (Å²) in [7, 11) is 0.413. The first-order chi connectivity index (χ1) is 28.6. The normalized spacial score (nSPS) is 22.9. The van der Waals surface area contributed by atoms with Gasteiger partial charge in [0, 0.05) is 47.6 Å². The molecule has 59 heavy (non-hydrogen) atoms. The topological polar surface area (TPSA) is 147 Å². The number of amides is 1. The maximum Gasteiger partial charge on any atom is 0.678 e. The van der Waals surface area contributed by atoms with Gasteiger partial charge in [-0.3, -0.25) is 18.1 Å². The maximum atomic E-state index is 14.9. The van der Waals surface area contributed by atoms with Crippen molar-refractivity contribution in [1.29, 1.82) is 0 Å². The molecule has 1 saturated carbocycles. The van der Waals surface area contributed by atoms with E-state index in [1.807, 2.05) is 54.2 Å². The van der Waals surface area contributed by atoms with Gasteiger partial charge in [0.1, 0.15) is 23.7 Å². The Bertz CT molecular complexity index is 2130. The first kappa shape index (κ1) is 42.0. The van der Waals surface area contributed by atoms with Crippen molar-refractivity contribution in [1.82, 2.24) is 24.4 Å². The van der Waals surface area contributed by atoms with E-state index in [2.05, 4.69) is 10.3 Å². The van der Waals surface area contributed by atoms with Crippen molar-refractivity contribution in [3.05, 3.63) is 102 Å². The minimum absolute atomic E-state index is 0.0282. The second-order valence-corrected chi connectivity index (χ2v) is 15.7. The molecule has 7 rings (SSSR count). The Morgan fingerprint density at radius 1 is 0.763 bits per heavy atom. The van der Waals surface area contributed by atoms with Gasteiger partial charge in [-0.25, -0.2) is 4.99 Å². The van der Waals surface area contributed by atoms with Crippen LogP contribution in [0.2, 0.25) is 0 Å². The van der Waals surface area contributed by atoms with E-state index in [-0.39, 0.29) is 17.9 Å². The van der Waals surface area contributed by atoms with Crippen molar-refractivity contribution in [2.24, 2.45) is 10.9 Å². The second kappa shape index (κ2) is 18.9. The van der Waals surface area contributed by atoms with Gasteiger partial charge < -0.3 is 34.2 Å². The van der Waals surface area contributed by atoms with Crippen LogP contribution in [-0.2, 0) is 17.8 Å². The standard InChI is InChI=1S/C44H53BF2N6O6/c1-28-40-41(43(56)44(57)42(28)55)52(40)39(54)13-7-5-4-6-10-26-51-27-31(49-50-51)11-8-9-12-34(36-23-22-35(48-36)29-14-18-32(58-2)19-15-29)38-25-24-37(53(38)45(46)47)30-16-20-33(59-3)21-17-30/h14-25,27-28,40-44,55-57H,4-13,26H2,1-3H3/b36-34-/t28-,40-,41-,42-,43-,44-,52?/m1/s1. The molecule has 2 aromatic heterocycles. The van der Waals surface area contributed by atoms with Crippen molar-refractivity contribution in [3.63, 3.8) is 0 Å². The number of likely N-dealkylation sites (tertiary alicyclic amines) is 1. The molecule has 4 aromatic rings. The van der Waals surface area contributed by atoms with Crippen LogP contribution in [0.5, 0.6) is 11.5 Å². The van der Waals surface area contributed by atoms with Gasteiger partial charge in [0.15, 0.2) is 0 Å². The van der Waals surface area contributed by atoms with Crippen molar-refractivity contribution in [3.8, 4) is 22.8 Å². The van der Waals surface area contributed by atoms with Gasteiger partial charge in [-0.05, 0) is 117 Å². The van der Waals surface area contributed by atoms with E-state index in [1.54, 1.807) is 55.5 Å². The predicted octanol–water partition coefficient (Wildman–Crippen LogP) is 6.37. The summed E-state index contributed by atoms with van der Waals surface area (Å²) in [6, 6.07) is 17.6. The lowest BCUT2D eigenvalue weighted by molar-refractivity contribution is -0.127. The number of aliphatic hydroxyl groups excluding tert-OH is 3. The quantitative estimate of drug-likeness (QED) is 0.0563. The van der Waals surface area contributed by atoms with Crippen LogP contribution in [0.3, 0.4) is 0 Å². The summed E-state index contributed by atoms with van der Waals surface area (Å²) in [4.78, 5) is 19.3. The smallest absolute Gasteiger partial charge is 0.497 e. The molecule has 0 unspecified atom stereocenters. The van der Waals surface area contributed by atoms with Gasteiger partial charge in [0.2, 0.25) is 5.91 Å². The molecule has 0 radical (unpaired) electrons. The number of ether oxygens (including phenoxy) is 2. The van der Waals surface area contributed by atoms with Gasteiger partial charge in [-0.1, -0.05) is 31.4 Å². The number of hydrogen-bond acceptors (Lipinski definition) is 9. The Balaban J connectivity index is 0.915. The number of carbonyl (C=O) groups excluding carboxylic acids is 1. The summed E-state index contributed by atoms with van der Waals surface area (Å²) in [5.74, 6) is 1.09. The molecule has 3 N–H and O–H groups in total. The molecule has 3 aliphatic rings. The fraction of sp³-hybridized carbons (Fsp3) is 0.455. The number of aryl methyl sites for hydroxylation is 2. The summed E-state index contributed by atoms with van der Waals surface area (Å²) in [5.41, 5.74) is 5.44. The largest absolute Gasteiger partial charge is 0.678 e. The fourth-order valence-electron chi connectivity index (χ4n) is 8.57. The number of unbranched alkanes of at least 4 members (excludes halogenated alkanes) is 5. The van der Waals surface area contributed by atoms with Crippen LogP contribution in [0.25, 0.3) is 16.8 Å². The molecule has 1 saturated heterocycles. The molecular weight excluding hydrogens is 757 g/mol. The Morgan fingerprint density at radius 3 is 2.12 bits per heavy atom. The molecule has 15 heteroatoms. The maximum absolute atomic E-state index is 14.9. The van der Waals surface area contributed by atoms with Gasteiger partial charge >= 0.3 is 7.40 Å². The number of fused-ring (bicyclic) bond motifs is 1. The molecule has 2 aliphatic heterocycles. The molecule has 6 atom stereocenters. The number of nitrogens with zero attached hydrogens (tertiary/aromatic N) is 6. The SMILES string of the molecule is COc1ccc(C2=N/C(=C(/CCCCc3cn(CCCCCCCC(=O)N4[C@@H]5[C@@H](C)[C@@H](O)[C@@H](O)[C@H](O)[C@@H]54)nn3)c3ccc(-c4ccc(OC)cc4)n3B(F)F)C=C2)cc1. The molecule has 12 nitrogen and oxygen atoms in total. The van der Waals surface area contributed by atoms with Crippen LogP contribution >= 0.6 is 0 Å². The van der Waals surface area contributed by atoms with E-state index >= 15 is 0 Å². The highest BCUT2D eigenvalue weighted by molar-refractivity contribution is 6.42. The number of carbonyl (C=O) groups is 1. The predicted molar refractivity (Wildman–Crippen MR) is 222 cm³/mol. The van der Waals surface area contributed by atoms with Crippen LogP contribution in [0, 0.1) is 5.92 Å². The highest BCUT2D eigenvalue weighted by Gasteiger charge is 2.64. The molecule has 0 bridgehead atoms. The number of aromatic nitrogens is 4. The molecule has 0 spiro atoms. The number of aliphatic imine (C=N–C) groups is 1. The summed E-state index contributed by atoms with van der Waals surface area (Å²) in [6.07, 6.45) is 10.1. The molecule has 2 fully saturated rings. The highest BCUT2D eigenvalue weighted by atomic mass is 19.2. The molecule has 1 aliphatic carbocycles. The van der Waals surface area contributed by atoms with E-state index < -0.39 is 31.8 Å². The number of halogens is 2. The highest BCUT2D eigenvalue weighted by Crippen LogP contribution is 2.45. The Morgan fingerprint density at radius 2 is 1.42 bits per heavy atom. The number of allylic oxidation sites excluding steroid dienone is 3. The third-order valence-corrected chi connectivity index (χ3v) is 11.9. The minimum atomic E-state index is -2.77. The van der Waals surface area contributed by atoms with E-state index in [9.17, 15) is 28.7 Å². The minimum Gasteiger partial charge on any atom is -0.497 e. The zero-order valence-corrected chi connectivity index (χ0v) is 33.8. The monoisotopic (exact) mass is 810 g/mol. The lowest BCUT2D eigenvalue weighted by Crippen LogP contribution is -2.50. The molecule has 312 valence electrons. The molecule has 1 amide bonds. The fourth-order valence-corrected chi connectivity index (χ4v) is 8.57. The van der Waals surface area contributed by atoms with Crippen LogP contribution in [0.1, 0.15) is 81.7 Å². The average molecular weight is 811 g/mol. The number of methoxy groups -OCH3 is 2. The van der Waals surface area contributed by atoms with Gasteiger partial charge in [-0.15, -0.1) is 5.10 Å². The van der Waals surface area contributed by atoms with Crippen molar-refractivity contribution in [2.75, 3.05) is 14.2 Å². The van der Waals surface area contributed by atoms with E-state index in [0.29, 0.717) is 47.7 Å².